The predicted octanol–water partition coefficient (Wildman–Crippen LogP) is 14.5. The Morgan fingerprint density at radius 3 is 1.26 bits per heavy atom. The second-order valence-electron chi connectivity index (χ2n) is 14.5. The van der Waals surface area contributed by atoms with Crippen molar-refractivity contribution in [3.63, 3.8) is 0 Å². The molecule has 0 fully saturated rings. The average molecular weight is 621 g/mol. The Bertz CT molecular complexity index is 1580. The van der Waals surface area contributed by atoms with E-state index in [0.717, 1.165) is 28.3 Å². The third-order valence-corrected chi connectivity index (χ3v) is 8.53. The molecule has 3 aromatic carbocycles. The molecule has 0 spiro atoms. The van der Waals surface area contributed by atoms with Crippen LogP contribution in [0.4, 0.5) is 22.7 Å². The van der Waals surface area contributed by atoms with Crippen molar-refractivity contribution in [1.29, 1.82) is 0 Å². The number of aliphatic imine (C=N–C) groups is 4. The van der Waals surface area contributed by atoms with E-state index in [0.29, 0.717) is 23.7 Å². The molecule has 46 heavy (non-hydrogen) atoms. The highest BCUT2D eigenvalue weighted by atomic mass is 14.9. The van der Waals surface area contributed by atoms with Crippen LogP contribution < -0.4 is 0 Å². The topological polar surface area (TPSA) is 49.4 Å². The van der Waals surface area contributed by atoms with Crippen LogP contribution in [0.15, 0.2) is 62.4 Å². The van der Waals surface area contributed by atoms with Gasteiger partial charge in [-0.25, -0.2) is 0 Å². The van der Waals surface area contributed by atoms with Gasteiger partial charge in [-0.05, 0) is 80.9 Å². The maximum Gasteiger partial charge on any atom is 0.101 e. The van der Waals surface area contributed by atoms with Crippen molar-refractivity contribution in [2.75, 3.05) is 0 Å². The Morgan fingerprint density at radius 1 is 0.413 bits per heavy atom. The summed E-state index contributed by atoms with van der Waals surface area (Å²) in [7, 11) is 0. The molecule has 0 aromatic heterocycles. The molecule has 0 radical (unpaired) electrons. The molecule has 0 atom stereocenters. The summed E-state index contributed by atoms with van der Waals surface area (Å²) in [6.45, 7) is 31.0. The van der Waals surface area contributed by atoms with Gasteiger partial charge in [0.05, 0.1) is 22.7 Å². The fourth-order valence-corrected chi connectivity index (χ4v) is 5.80. The molecule has 0 amide bonds. The lowest BCUT2D eigenvalue weighted by Crippen LogP contribution is -2.02. The average Bonchev–Trinajstić information content (AvgIpc) is 2.96. The summed E-state index contributed by atoms with van der Waals surface area (Å²) in [6, 6.07) is 21.6. The van der Waals surface area contributed by atoms with Gasteiger partial charge in [0, 0.05) is 5.56 Å². The Morgan fingerprint density at radius 2 is 0.848 bits per heavy atom. The summed E-state index contributed by atoms with van der Waals surface area (Å²) in [4.78, 5) is 19.7. The van der Waals surface area contributed by atoms with Gasteiger partial charge < -0.3 is 0 Å². The van der Waals surface area contributed by atoms with Crippen molar-refractivity contribution in [3.8, 4) is 0 Å². The van der Waals surface area contributed by atoms with Crippen molar-refractivity contribution in [3.05, 3.63) is 81.4 Å². The smallest absolute Gasteiger partial charge is 0.101 e. The molecular formula is C42H60N4. The molecule has 0 unspecified atom stereocenters. The first-order valence-corrected chi connectivity index (χ1v) is 17.0. The van der Waals surface area contributed by atoms with Crippen LogP contribution in [0.2, 0.25) is 0 Å². The lowest BCUT2D eigenvalue weighted by molar-refractivity contribution is 0.806. The van der Waals surface area contributed by atoms with Gasteiger partial charge in [0.15, 0.2) is 0 Å². The van der Waals surface area contributed by atoms with Crippen LogP contribution in [-0.4, -0.2) is 12.0 Å². The van der Waals surface area contributed by atoms with Crippen LogP contribution in [-0.2, 0) is 0 Å². The number of rotatable bonds is 11. The summed E-state index contributed by atoms with van der Waals surface area (Å²) < 4.78 is 0. The van der Waals surface area contributed by atoms with Crippen LogP contribution in [0.25, 0.3) is 0 Å². The quantitative estimate of drug-likeness (QED) is 0.192. The zero-order chi connectivity index (χ0) is 33.6. The summed E-state index contributed by atoms with van der Waals surface area (Å²) >= 11 is 0. The molecule has 0 saturated heterocycles. The Hall–Kier alpha value is -3.58. The Kier molecular flexibility index (Phi) is 14.1. The van der Waals surface area contributed by atoms with Gasteiger partial charge in [-0.3, -0.25) is 0 Å². The fourth-order valence-electron chi connectivity index (χ4n) is 5.80. The van der Waals surface area contributed by atoms with E-state index in [4.69, 9.17) is 20.0 Å². The highest BCUT2D eigenvalue weighted by molar-refractivity contribution is 5.76. The molecule has 3 rings (SSSR count). The van der Waals surface area contributed by atoms with E-state index >= 15 is 0 Å². The van der Waals surface area contributed by atoms with Crippen molar-refractivity contribution >= 4 is 34.8 Å². The minimum atomic E-state index is 0. The number of benzene rings is 3. The Labute approximate surface area is 281 Å². The van der Waals surface area contributed by atoms with Crippen molar-refractivity contribution in [2.45, 2.75) is 146 Å². The van der Waals surface area contributed by atoms with Crippen LogP contribution in [0.3, 0.4) is 0 Å². The van der Waals surface area contributed by atoms with Crippen molar-refractivity contribution in [2.24, 2.45) is 20.0 Å². The molecule has 4 nitrogen and oxygen atoms in total. The number of para-hydroxylation sites is 1. The van der Waals surface area contributed by atoms with E-state index in [-0.39, 0.29) is 25.2 Å². The first-order chi connectivity index (χ1) is 21.1. The fraction of sp³-hybridized carbons (Fsp3) is 0.524. The highest BCUT2D eigenvalue weighted by Gasteiger charge is 2.23. The number of hydrogen-bond acceptors (Lipinski definition) is 4. The first kappa shape index (κ1) is 38.6. The highest BCUT2D eigenvalue weighted by Crippen LogP contribution is 2.45. The summed E-state index contributed by atoms with van der Waals surface area (Å²) in [5.41, 5.74) is 12.1. The van der Waals surface area contributed by atoms with Gasteiger partial charge in [-0.15, -0.1) is 0 Å². The monoisotopic (exact) mass is 620 g/mol. The summed E-state index contributed by atoms with van der Waals surface area (Å²) in [5.74, 6) is 2.20. The molecule has 248 valence electrons. The second kappa shape index (κ2) is 16.8. The van der Waals surface area contributed by atoms with E-state index in [1.54, 1.807) is 0 Å². The van der Waals surface area contributed by atoms with Gasteiger partial charge in [-0.1, -0.05) is 141 Å². The molecule has 0 saturated carbocycles. The summed E-state index contributed by atoms with van der Waals surface area (Å²) in [6.07, 6.45) is 0. The van der Waals surface area contributed by atoms with Crippen molar-refractivity contribution < 1.29 is 0 Å². The third kappa shape index (κ3) is 9.03. The van der Waals surface area contributed by atoms with Gasteiger partial charge in [0.25, 0.3) is 0 Å². The van der Waals surface area contributed by atoms with E-state index in [1.165, 1.54) is 33.4 Å². The zero-order valence-electron chi connectivity index (χ0n) is 30.4. The van der Waals surface area contributed by atoms with Crippen LogP contribution in [0.5, 0.6) is 0 Å². The molecule has 0 aliphatic heterocycles. The lowest BCUT2D eigenvalue weighted by Gasteiger charge is -2.22. The third-order valence-electron chi connectivity index (χ3n) is 8.53. The van der Waals surface area contributed by atoms with Crippen molar-refractivity contribution in [1.82, 2.24) is 0 Å². The first-order valence-electron chi connectivity index (χ1n) is 17.0. The van der Waals surface area contributed by atoms with Crippen LogP contribution in [0, 0.1) is 0 Å². The second-order valence-corrected chi connectivity index (χ2v) is 14.5. The molecule has 0 aliphatic carbocycles. The van der Waals surface area contributed by atoms with Gasteiger partial charge in [0.1, 0.15) is 12.0 Å². The van der Waals surface area contributed by atoms with E-state index < -0.39 is 0 Å². The SMILES string of the molecule is C.CC(C)c1ccc(C(C)C)c(N=C=Nc2c(C(C)C)cc(C(C)C)c(N=C=Nc3c(C(C)C)cccc3C(C)C)c2C(C)C)c1. The molecule has 0 bridgehead atoms. The maximum atomic E-state index is 5.01. The predicted molar refractivity (Wildman–Crippen MR) is 203 cm³/mol. The van der Waals surface area contributed by atoms with Crippen LogP contribution in [0.1, 0.15) is 185 Å². The number of hydrogen-bond donors (Lipinski definition) is 0. The maximum absolute atomic E-state index is 5.01. The lowest BCUT2D eigenvalue weighted by atomic mass is 9.85. The minimum absolute atomic E-state index is 0. The molecule has 0 aliphatic rings. The normalized spacial score (nSPS) is 11.4. The van der Waals surface area contributed by atoms with E-state index in [1.807, 2.05) is 0 Å². The van der Waals surface area contributed by atoms with E-state index in [2.05, 4.69) is 151 Å². The van der Waals surface area contributed by atoms with Gasteiger partial charge in [0.2, 0.25) is 0 Å². The van der Waals surface area contributed by atoms with Gasteiger partial charge >= 0.3 is 0 Å². The van der Waals surface area contributed by atoms with Crippen LogP contribution >= 0.6 is 0 Å². The van der Waals surface area contributed by atoms with Gasteiger partial charge in [-0.2, -0.15) is 20.0 Å². The van der Waals surface area contributed by atoms with E-state index in [9.17, 15) is 0 Å². The molecule has 0 N–H and O–H groups in total. The molecule has 3 aromatic rings. The molecular weight excluding hydrogens is 560 g/mol. The summed E-state index contributed by atoms with van der Waals surface area (Å²) in [5, 5.41) is 0. The Balaban J connectivity index is 0.00000736. The standard InChI is InChI=1S/C41H56N4.CH4/c1-24(2)31-18-19-32(25(3)4)37(20-31)42-22-44-40-35(28(9)10)21-36(29(11)12)41(38(40)30(13)14)45-23-43-39-33(26(5)6)16-15-17-34(39)27(7)8;/h15-21,24-30H,1-14H3;1H4. The molecule has 4 heteroatoms. The number of nitrogens with zero attached hydrogens (tertiary/aromatic N) is 4. The molecule has 0 heterocycles. The largest absolute Gasteiger partial charge is 0.187 e. The zero-order valence-corrected chi connectivity index (χ0v) is 30.4. The minimum Gasteiger partial charge on any atom is -0.187 e.